The lowest BCUT2D eigenvalue weighted by atomic mass is 9.58. The van der Waals surface area contributed by atoms with E-state index in [1.807, 2.05) is 0 Å². The first-order valence-corrected chi connectivity index (χ1v) is 7.66. The van der Waals surface area contributed by atoms with E-state index in [1.54, 1.807) is 5.57 Å². The number of hydrogen-bond donors (Lipinski definition) is 0. The molecule has 0 aromatic carbocycles. The highest BCUT2D eigenvalue weighted by Crippen LogP contribution is 2.56. The van der Waals surface area contributed by atoms with Crippen LogP contribution < -0.4 is 0 Å². The standard InChI is InChI=1S/C14H21BrO2/c1-13-4-2-3-11(10-15)12(13)9-14(6-5-13)16-7-8-17-14/h10,12H,2-9H2,1H3/b11-10-/t12-,13-/m1/s1. The Hall–Kier alpha value is 0.140. The molecular formula is C14H21BrO2. The van der Waals surface area contributed by atoms with E-state index in [2.05, 4.69) is 27.8 Å². The van der Waals surface area contributed by atoms with Crippen molar-refractivity contribution in [3.8, 4) is 0 Å². The first-order chi connectivity index (χ1) is 8.18. The Bertz CT molecular complexity index is 333. The van der Waals surface area contributed by atoms with Crippen molar-refractivity contribution in [2.45, 2.75) is 51.2 Å². The van der Waals surface area contributed by atoms with Crippen molar-refractivity contribution in [2.75, 3.05) is 13.2 Å². The van der Waals surface area contributed by atoms with E-state index < -0.39 is 0 Å². The molecule has 96 valence electrons. The molecule has 3 fully saturated rings. The fourth-order valence-electron chi connectivity index (χ4n) is 3.95. The molecule has 1 aliphatic heterocycles. The van der Waals surface area contributed by atoms with Crippen LogP contribution in [0.3, 0.4) is 0 Å². The van der Waals surface area contributed by atoms with Gasteiger partial charge in [-0.15, -0.1) is 0 Å². The van der Waals surface area contributed by atoms with Gasteiger partial charge in [0, 0.05) is 12.8 Å². The van der Waals surface area contributed by atoms with Gasteiger partial charge in [-0.1, -0.05) is 28.4 Å². The Morgan fingerprint density at radius 2 is 2.00 bits per heavy atom. The van der Waals surface area contributed by atoms with Gasteiger partial charge in [0.25, 0.3) is 0 Å². The van der Waals surface area contributed by atoms with Crippen LogP contribution in [-0.2, 0) is 9.47 Å². The van der Waals surface area contributed by atoms with Gasteiger partial charge in [-0.25, -0.2) is 0 Å². The fraction of sp³-hybridized carbons (Fsp3) is 0.857. The van der Waals surface area contributed by atoms with Crippen molar-refractivity contribution in [3.63, 3.8) is 0 Å². The highest BCUT2D eigenvalue weighted by atomic mass is 79.9. The molecule has 2 nitrogen and oxygen atoms in total. The molecule has 1 heterocycles. The van der Waals surface area contributed by atoms with Gasteiger partial charge in [-0.3, -0.25) is 0 Å². The minimum Gasteiger partial charge on any atom is -0.348 e. The number of allylic oxidation sites excluding steroid dienone is 1. The molecule has 0 amide bonds. The summed E-state index contributed by atoms with van der Waals surface area (Å²) in [6.07, 6.45) is 7.30. The molecule has 2 atom stereocenters. The Morgan fingerprint density at radius 3 is 2.71 bits per heavy atom. The number of hydrogen-bond acceptors (Lipinski definition) is 2. The predicted molar refractivity (Wildman–Crippen MR) is 70.9 cm³/mol. The van der Waals surface area contributed by atoms with Gasteiger partial charge in [0.05, 0.1) is 13.2 Å². The summed E-state index contributed by atoms with van der Waals surface area (Å²) in [5.74, 6) is 0.394. The molecule has 0 bridgehead atoms. The summed E-state index contributed by atoms with van der Waals surface area (Å²) in [6.45, 7) is 4.00. The number of ether oxygens (including phenoxy) is 2. The maximum atomic E-state index is 5.90. The summed E-state index contributed by atoms with van der Waals surface area (Å²) < 4.78 is 11.8. The molecule has 1 saturated heterocycles. The summed E-state index contributed by atoms with van der Waals surface area (Å²) >= 11 is 3.55. The highest BCUT2D eigenvalue weighted by Gasteiger charge is 2.51. The van der Waals surface area contributed by atoms with Crippen molar-refractivity contribution in [2.24, 2.45) is 11.3 Å². The third-order valence-electron chi connectivity index (χ3n) is 5.05. The second kappa shape index (κ2) is 4.36. The van der Waals surface area contributed by atoms with E-state index in [4.69, 9.17) is 9.47 Å². The first-order valence-electron chi connectivity index (χ1n) is 6.75. The van der Waals surface area contributed by atoms with Crippen LogP contribution in [0.1, 0.15) is 45.4 Å². The van der Waals surface area contributed by atoms with Gasteiger partial charge in [-0.05, 0) is 42.0 Å². The van der Waals surface area contributed by atoms with Crippen LogP contribution in [0.5, 0.6) is 0 Å². The Balaban J connectivity index is 1.86. The van der Waals surface area contributed by atoms with E-state index in [0.29, 0.717) is 11.3 Å². The van der Waals surface area contributed by atoms with Crippen molar-refractivity contribution < 1.29 is 9.47 Å². The Morgan fingerprint density at radius 1 is 1.24 bits per heavy atom. The van der Waals surface area contributed by atoms with Gasteiger partial charge in [0.2, 0.25) is 0 Å². The van der Waals surface area contributed by atoms with Crippen molar-refractivity contribution in [3.05, 3.63) is 10.6 Å². The smallest absolute Gasteiger partial charge is 0.169 e. The van der Waals surface area contributed by atoms with Crippen molar-refractivity contribution in [1.82, 2.24) is 0 Å². The topological polar surface area (TPSA) is 18.5 Å². The lowest BCUT2D eigenvalue weighted by Gasteiger charge is -2.51. The Kier molecular flexibility index (Phi) is 3.12. The van der Waals surface area contributed by atoms with Gasteiger partial charge in [0.15, 0.2) is 5.79 Å². The zero-order chi connectivity index (χ0) is 11.9. The van der Waals surface area contributed by atoms with Crippen LogP contribution in [0.2, 0.25) is 0 Å². The van der Waals surface area contributed by atoms with E-state index >= 15 is 0 Å². The van der Waals surface area contributed by atoms with Crippen LogP contribution >= 0.6 is 15.9 Å². The number of rotatable bonds is 0. The van der Waals surface area contributed by atoms with Gasteiger partial charge < -0.3 is 9.47 Å². The van der Waals surface area contributed by atoms with Gasteiger partial charge in [-0.2, -0.15) is 0 Å². The highest BCUT2D eigenvalue weighted by molar-refractivity contribution is 9.11. The SMILES string of the molecule is C[C@]12CCC/C(=C/Br)[C@H]1CC1(CC2)OCCO1. The molecule has 3 aliphatic rings. The average molecular weight is 301 g/mol. The summed E-state index contributed by atoms with van der Waals surface area (Å²) in [4.78, 5) is 2.16. The molecule has 0 aromatic rings. The molecule has 0 N–H and O–H groups in total. The molecule has 1 spiro atoms. The molecule has 0 unspecified atom stereocenters. The zero-order valence-electron chi connectivity index (χ0n) is 10.5. The zero-order valence-corrected chi connectivity index (χ0v) is 12.1. The van der Waals surface area contributed by atoms with Gasteiger partial charge in [0.1, 0.15) is 0 Å². The van der Waals surface area contributed by atoms with Crippen LogP contribution in [-0.4, -0.2) is 19.0 Å². The average Bonchev–Trinajstić information content (AvgIpc) is 2.78. The third kappa shape index (κ3) is 2.00. The first kappa shape index (κ1) is 12.2. The molecule has 2 aliphatic carbocycles. The van der Waals surface area contributed by atoms with Crippen molar-refractivity contribution >= 4 is 15.9 Å². The third-order valence-corrected chi connectivity index (χ3v) is 5.64. The lowest BCUT2D eigenvalue weighted by molar-refractivity contribution is -0.204. The van der Waals surface area contributed by atoms with E-state index in [9.17, 15) is 0 Å². The minimum absolute atomic E-state index is 0.247. The largest absolute Gasteiger partial charge is 0.348 e. The minimum atomic E-state index is -0.247. The monoisotopic (exact) mass is 300 g/mol. The van der Waals surface area contributed by atoms with Crippen LogP contribution in [0, 0.1) is 11.3 Å². The summed E-state index contributed by atoms with van der Waals surface area (Å²) in [7, 11) is 0. The molecule has 3 rings (SSSR count). The van der Waals surface area contributed by atoms with E-state index in [1.165, 1.54) is 25.7 Å². The molecule has 2 saturated carbocycles. The second-order valence-electron chi connectivity index (χ2n) is 6.06. The second-order valence-corrected chi connectivity index (χ2v) is 6.51. The maximum absolute atomic E-state index is 5.90. The molecule has 17 heavy (non-hydrogen) atoms. The van der Waals surface area contributed by atoms with Crippen LogP contribution in [0.15, 0.2) is 10.6 Å². The molecule has 0 aromatic heterocycles. The van der Waals surface area contributed by atoms with Gasteiger partial charge >= 0.3 is 0 Å². The maximum Gasteiger partial charge on any atom is 0.169 e. The lowest BCUT2D eigenvalue weighted by Crippen LogP contribution is -2.47. The summed E-state index contributed by atoms with van der Waals surface area (Å²) in [5, 5.41) is 0. The summed E-state index contributed by atoms with van der Waals surface area (Å²) in [5.41, 5.74) is 2.04. The number of fused-ring (bicyclic) bond motifs is 1. The summed E-state index contributed by atoms with van der Waals surface area (Å²) in [6, 6.07) is 0. The van der Waals surface area contributed by atoms with Crippen molar-refractivity contribution in [1.29, 1.82) is 0 Å². The van der Waals surface area contributed by atoms with Crippen LogP contribution in [0.25, 0.3) is 0 Å². The number of halogens is 1. The molecule has 0 radical (unpaired) electrons. The normalized spacial score (nSPS) is 42.9. The fourth-order valence-corrected chi connectivity index (χ4v) is 4.50. The molecular weight excluding hydrogens is 280 g/mol. The van der Waals surface area contributed by atoms with Crippen LogP contribution in [0.4, 0.5) is 0 Å². The van der Waals surface area contributed by atoms with E-state index in [-0.39, 0.29) is 5.79 Å². The predicted octanol–water partition coefficient (Wildman–Crippen LogP) is 4.00. The van der Waals surface area contributed by atoms with E-state index in [0.717, 1.165) is 26.1 Å². The quantitative estimate of drug-likeness (QED) is 0.673. The Labute approximate surface area is 112 Å². The molecule has 3 heteroatoms.